The second-order valence-corrected chi connectivity index (χ2v) is 5.65. The molecule has 7 heteroatoms. The minimum atomic E-state index is -0.841. The number of nitrogens with one attached hydrogen (secondary N) is 1. The fourth-order valence-electron chi connectivity index (χ4n) is 2.60. The van der Waals surface area contributed by atoms with Gasteiger partial charge in [-0.3, -0.25) is 4.79 Å². The highest BCUT2D eigenvalue weighted by molar-refractivity contribution is 5.80. The maximum Gasteiger partial charge on any atom is 0.317 e. The molecule has 1 aliphatic rings. The van der Waals surface area contributed by atoms with E-state index in [0.717, 1.165) is 0 Å². The zero-order valence-electron chi connectivity index (χ0n) is 12.2. The van der Waals surface area contributed by atoms with Crippen LogP contribution in [0.25, 0.3) is 0 Å². The summed E-state index contributed by atoms with van der Waals surface area (Å²) in [5, 5.41) is 12.2. The third-order valence-electron chi connectivity index (χ3n) is 4.18. The molecular formula is C14H20N4O3. The van der Waals surface area contributed by atoms with Gasteiger partial charge in [0.25, 0.3) is 0 Å². The van der Waals surface area contributed by atoms with Gasteiger partial charge in [0.2, 0.25) is 0 Å². The van der Waals surface area contributed by atoms with Gasteiger partial charge in [-0.25, -0.2) is 14.8 Å². The largest absolute Gasteiger partial charge is 0.481 e. The maximum atomic E-state index is 12.1. The first-order valence-electron chi connectivity index (χ1n) is 6.97. The van der Waals surface area contributed by atoms with E-state index in [1.165, 1.54) is 6.33 Å². The molecule has 114 valence electrons. The first-order valence-corrected chi connectivity index (χ1v) is 6.97. The topological polar surface area (TPSA) is 95.4 Å². The molecule has 0 spiro atoms. The van der Waals surface area contributed by atoms with Crippen molar-refractivity contribution < 1.29 is 14.7 Å². The molecule has 1 aromatic heterocycles. The Morgan fingerprint density at radius 1 is 1.52 bits per heavy atom. The van der Waals surface area contributed by atoms with Gasteiger partial charge in [0.05, 0.1) is 17.7 Å². The second kappa shape index (κ2) is 6.07. The average molecular weight is 292 g/mol. The highest BCUT2D eigenvalue weighted by Crippen LogP contribution is 2.38. The molecule has 2 rings (SSSR count). The van der Waals surface area contributed by atoms with Crippen molar-refractivity contribution >= 4 is 12.0 Å². The summed E-state index contributed by atoms with van der Waals surface area (Å²) < 4.78 is 0. The first-order chi connectivity index (χ1) is 9.95. The number of aromatic nitrogens is 2. The van der Waals surface area contributed by atoms with Crippen LogP contribution in [-0.2, 0) is 11.3 Å². The Bertz CT molecular complexity index is 520. The predicted molar refractivity (Wildman–Crippen MR) is 75.4 cm³/mol. The Labute approximate surface area is 123 Å². The number of urea groups is 1. The molecule has 0 saturated carbocycles. The molecule has 2 heterocycles. The minimum absolute atomic E-state index is 0.0188. The maximum absolute atomic E-state index is 12.1. The lowest BCUT2D eigenvalue weighted by Gasteiger charge is -2.28. The number of carbonyl (C=O) groups excluding carboxylic acids is 1. The lowest BCUT2D eigenvalue weighted by atomic mass is 9.76. The van der Waals surface area contributed by atoms with E-state index in [0.29, 0.717) is 25.2 Å². The normalized spacial score (nSPS) is 21.6. The van der Waals surface area contributed by atoms with Gasteiger partial charge in [0.15, 0.2) is 0 Å². The van der Waals surface area contributed by atoms with E-state index in [-0.39, 0.29) is 18.5 Å². The van der Waals surface area contributed by atoms with Gasteiger partial charge < -0.3 is 15.3 Å². The van der Waals surface area contributed by atoms with Crippen LogP contribution in [0.4, 0.5) is 4.79 Å². The lowest BCUT2D eigenvalue weighted by Crippen LogP contribution is -2.43. The van der Waals surface area contributed by atoms with Crippen LogP contribution in [0.5, 0.6) is 0 Å². The van der Waals surface area contributed by atoms with Gasteiger partial charge in [-0.15, -0.1) is 0 Å². The third kappa shape index (κ3) is 3.12. The van der Waals surface area contributed by atoms with Gasteiger partial charge in [-0.1, -0.05) is 13.8 Å². The van der Waals surface area contributed by atoms with Gasteiger partial charge in [0.1, 0.15) is 6.33 Å². The first kappa shape index (κ1) is 15.2. The Hall–Kier alpha value is -2.18. The lowest BCUT2D eigenvalue weighted by molar-refractivity contribution is -0.150. The molecular weight excluding hydrogens is 272 g/mol. The van der Waals surface area contributed by atoms with Crippen LogP contribution >= 0.6 is 0 Å². The standard InChI is InChI=1S/C14H20N4O3/c1-10(2)14(12(19)20)4-6-18(8-14)13(21)16-7-11-3-5-15-9-17-11/h3,5,9-10H,4,6-8H2,1-2H3,(H,16,21)(H,19,20). The van der Waals surface area contributed by atoms with Crippen LogP contribution in [-0.4, -0.2) is 45.1 Å². The summed E-state index contributed by atoms with van der Waals surface area (Å²) in [5.74, 6) is -0.849. The van der Waals surface area contributed by atoms with Crippen LogP contribution in [0.2, 0.25) is 0 Å². The smallest absolute Gasteiger partial charge is 0.317 e. The quantitative estimate of drug-likeness (QED) is 0.867. The number of likely N-dealkylation sites (tertiary alicyclic amines) is 1. The zero-order chi connectivity index (χ0) is 15.5. The zero-order valence-corrected chi connectivity index (χ0v) is 12.2. The minimum Gasteiger partial charge on any atom is -0.481 e. The summed E-state index contributed by atoms with van der Waals surface area (Å²) in [4.78, 5) is 33.1. The summed E-state index contributed by atoms with van der Waals surface area (Å²) in [6, 6.07) is 1.47. The molecule has 7 nitrogen and oxygen atoms in total. The SMILES string of the molecule is CC(C)C1(C(=O)O)CCN(C(=O)NCc2ccncn2)C1. The number of carboxylic acid groups (broad SMARTS) is 1. The number of aliphatic carboxylic acids is 1. The number of carboxylic acids is 1. The average Bonchev–Trinajstić information content (AvgIpc) is 2.92. The Morgan fingerprint density at radius 3 is 2.81 bits per heavy atom. The van der Waals surface area contributed by atoms with Gasteiger partial charge >= 0.3 is 12.0 Å². The molecule has 0 aliphatic carbocycles. The number of nitrogens with zero attached hydrogens (tertiary/aromatic N) is 3. The monoisotopic (exact) mass is 292 g/mol. The summed E-state index contributed by atoms with van der Waals surface area (Å²) >= 11 is 0. The van der Waals surface area contributed by atoms with E-state index in [1.54, 1.807) is 17.2 Å². The van der Waals surface area contributed by atoms with Crippen molar-refractivity contribution in [2.75, 3.05) is 13.1 Å². The molecule has 1 aromatic rings. The highest BCUT2D eigenvalue weighted by Gasteiger charge is 2.48. The van der Waals surface area contributed by atoms with E-state index in [9.17, 15) is 14.7 Å². The number of rotatable bonds is 4. The van der Waals surface area contributed by atoms with Gasteiger partial charge in [-0.2, -0.15) is 0 Å². The van der Waals surface area contributed by atoms with E-state index in [2.05, 4.69) is 15.3 Å². The van der Waals surface area contributed by atoms with E-state index in [1.807, 2.05) is 13.8 Å². The van der Waals surface area contributed by atoms with E-state index in [4.69, 9.17) is 0 Å². The third-order valence-corrected chi connectivity index (χ3v) is 4.18. The molecule has 0 bridgehead atoms. The molecule has 0 radical (unpaired) electrons. The van der Waals surface area contributed by atoms with Crippen LogP contribution in [0.15, 0.2) is 18.6 Å². The fourth-order valence-corrected chi connectivity index (χ4v) is 2.60. The fraction of sp³-hybridized carbons (Fsp3) is 0.571. The Kier molecular flexibility index (Phi) is 4.40. The van der Waals surface area contributed by atoms with Crippen molar-refractivity contribution in [2.24, 2.45) is 11.3 Å². The number of carbonyl (C=O) groups is 2. The molecule has 1 aliphatic heterocycles. The molecule has 2 amide bonds. The van der Waals surface area contributed by atoms with E-state index < -0.39 is 11.4 Å². The number of amides is 2. The van der Waals surface area contributed by atoms with Crippen molar-refractivity contribution in [3.05, 3.63) is 24.3 Å². The summed E-state index contributed by atoms with van der Waals surface area (Å²) in [5.41, 5.74) is -0.127. The van der Waals surface area contributed by atoms with E-state index >= 15 is 0 Å². The molecule has 0 aromatic carbocycles. The molecule has 1 saturated heterocycles. The number of hydrogen-bond acceptors (Lipinski definition) is 4. The molecule has 1 atom stereocenters. The summed E-state index contributed by atoms with van der Waals surface area (Å²) in [6.45, 7) is 4.78. The Morgan fingerprint density at radius 2 is 2.29 bits per heavy atom. The molecule has 1 fully saturated rings. The van der Waals surface area contributed by atoms with Gasteiger partial charge in [-0.05, 0) is 18.4 Å². The van der Waals surface area contributed by atoms with Crippen LogP contribution in [0.1, 0.15) is 26.0 Å². The van der Waals surface area contributed by atoms with Crippen molar-refractivity contribution in [1.82, 2.24) is 20.2 Å². The van der Waals surface area contributed by atoms with Gasteiger partial charge in [0, 0.05) is 19.3 Å². The molecule has 2 N–H and O–H groups in total. The highest BCUT2D eigenvalue weighted by atomic mass is 16.4. The van der Waals surface area contributed by atoms with Crippen LogP contribution in [0, 0.1) is 11.3 Å². The summed E-state index contributed by atoms with van der Waals surface area (Å²) in [7, 11) is 0. The summed E-state index contributed by atoms with van der Waals surface area (Å²) in [6.07, 6.45) is 3.52. The Balaban J connectivity index is 1.94. The van der Waals surface area contributed by atoms with Crippen molar-refractivity contribution in [1.29, 1.82) is 0 Å². The number of hydrogen-bond donors (Lipinski definition) is 2. The van der Waals surface area contributed by atoms with Crippen LogP contribution in [0.3, 0.4) is 0 Å². The predicted octanol–water partition coefficient (Wildman–Crippen LogP) is 1.12. The van der Waals surface area contributed by atoms with Crippen LogP contribution < -0.4 is 5.32 Å². The van der Waals surface area contributed by atoms with Crippen molar-refractivity contribution in [3.8, 4) is 0 Å². The van der Waals surface area contributed by atoms with Crippen molar-refractivity contribution in [2.45, 2.75) is 26.8 Å². The van der Waals surface area contributed by atoms with Crippen molar-refractivity contribution in [3.63, 3.8) is 0 Å². The second-order valence-electron chi connectivity index (χ2n) is 5.65. The molecule has 21 heavy (non-hydrogen) atoms. The molecule has 1 unspecified atom stereocenters.